The zero-order valence-corrected chi connectivity index (χ0v) is 27.5. The molecule has 1 N–H and O–H groups in total. The molecular formula is C32H36Cl3N3O4S. The molecule has 0 aromatic heterocycles. The van der Waals surface area contributed by atoms with Crippen molar-refractivity contribution >= 4 is 62.3 Å². The molecule has 230 valence electrons. The topological polar surface area (TPSA) is 86.8 Å². The summed E-state index contributed by atoms with van der Waals surface area (Å²) in [6.07, 6.45) is 4.14. The summed E-state index contributed by atoms with van der Waals surface area (Å²) in [6.45, 7) is 4.99. The highest BCUT2D eigenvalue weighted by molar-refractivity contribution is 7.92. The number of halogens is 3. The molecule has 4 rings (SSSR count). The predicted octanol–water partition coefficient (Wildman–Crippen LogP) is 7.33. The fraction of sp³-hybridized carbons (Fsp3) is 0.375. The molecule has 0 heterocycles. The number of rotatable bonds is 11. The van der Waals surface area contributed by atoms with Gasteiger partial charge in [-0.15, -0.1) is 0 Å². The van der Waals surface area contributed by atoms with Gasteiger partial charge in [0.15, 0.2) is 0 Å². The van der Waals surface area contributed by atoms with Crippen LogP contribution in [0.3, 0.4) is 0 Å². The molecule has 0 bridgehead atoms. The SMILES string of the molecule is CC[C@@H](C(=O)NC1CCCC1)N(Cc1c(Cl)cccc1Cl)C(=O)CN(c1ccc(C)c(C)c1)S(=O)(=O)c1ccc(Cl)cc1. The molecule has 0 unspecified atom stereocenters. The lowest BCUT2D eigenvalue weighted by Crippen LogP contribution is -2.53. The van der Waals surface area contributed by atoms with Gasteiger partial charge >= 0.3 is 0 Å². The molecule has 7 nitrogen and oxygen atoms in total. The molecule has 1 aliphatic carbocycles. The Morgan fingerprint density at radius 1 is 0.930 bits per heavy atom. The van der Waals surface area contributed by atoms with Crippen molar-refractivity contribution < 1.29 is 18.0 Å². The first kappa shape index (κ1) is 33.1. The highest BCUT2D eigenvalue weighted by Crippen LogP contribution is 2.30. The zero-order valence-electron chi connectivity index (χ0n) is 24.4. The van der Waals surface area contributed by atoms with Crippen LogP contribution in [0.5, 0.6) is 0 Å². The predicted molar refractivity (Wildman–Crippen MR) is 173 cm³/mol. The van der Waals surface area contributed by atoms with E-state index in [1.165, 1.54) is 29.2 Å². The standard InChI is InChI=1S/C32H36Cl3N3O4S/c1-4-30(32(40)36-24-8-5-6-9-24)37(19-27-28(34)10-7-11-29(27)35)31(39)20-38(25-15-12-21(2)22(3)18-25)43(41,42)26-16-13-23(33)14-17-26/h7,10-18,24,30H,4-6,8-9,19-20H2,1-3H3,(H,36,40)/t30-/m0/s1. The third-order valence-corrected chi connectivity index (χ3v) is 10.7. The summed E-state index contributed by atoms with van der Waals surface area (Å²) in [7, 11) is -4.22. The van der Waals surface area contributed by atoms with Gasteiger partial charge in [-0.2, -0.15) is 0 Å². The van der Waals surface area contributed by atoms with Crippen LogP contribution < -0.4 is 9.62 Å². The average Bonchev–Trinajstić information content (AvgIpc) is 3.47. The van der Waals surface area contributed by atoms with E-state index in [4.69, 9.17) is 34.8 Å². The maximum Gasteiger partial charge on any atom is 0.264 e. The fourth-order valence-electron chi connectivity index (χ4n) is 5.28. The van der Waals surface area contributed by atoms with Crippen molar-refractivity contribution in [3.63, 3.8) is 0 Å². The van der Waals surface area contributed by atoms with Gasteiger partial charge in [0.2, 0.25) is 11.8 Å². The van der Waals surface area contributed by atoms with E-state index in [9.17, 15) is 18.0 Å². The maximum absolute atomic E-state index is 14.3. The molecule has 3 aromatic carbocycles. The minimum atomic E-state index is -4.22. The van der Waals surface area contributed by atoms with Gasteiger partial charge in [-0.3, -0.25) is 13.9 Å². The van der Waals surface area contributed by atoms with Crippen LogP contribution in [0.25, 0.3) is 0 Å². The minimum absolute atomic E-state index is 0.0188. The smallest absolute Gasteiger partial charge is 0.264 e. The Hall–Kier alpha value is -2.78. The van der Waals surface area contributed by atoms with Gasteiger partial charge in [0.25, 0.3) is 10.0 Å². The highest BCUT2D eigenvalue weighted by Gasteiger charge is 2.35. The number of anilines is 1. The summed E-state index contributed by atoms with van der Waals surface area (Å²) in [5, 5.41) is 4.17. The number of nitrogens with zero attached hydrogens (tertiary/aromatic N) is 2. The van der Waals surface area contributed by atoms with Gasteiger partial charge in [0.1, 0.15) is 12.6 Å². The Bertz CT molecular complexity index is 1550. The molecule has 1 saturated carbocycles. The summed E-state index contributed by atoms with van der Waals surface area (Å²) < 4.78 is 29.2. The lowest BCUT2D eigenvalue weighted by atomic mass is 10.1. The van der Waals surface area contributed by atoms with Crippen LogP contribution in [0.1, 0.15) is 55.7 Å². The van der Waals surface area contributed by atoms with E-state index in [0.717, 1.165) is 41.1 Å². The van der Waals surface area contributed by atoms with Crippen molar-refractivity contribution in [3.8, 4) is 0 Å². The van der Waals surface area contributed by atoms with Gasteiger partial charge in [0.05, 0.1) is 10.6 Å². The van der Waals surface area contributed by atoms with E-state index < -0.39 is 28.5 Å². The maximum atomic E-state index is 14.3. The molecule has 0 spiro atoms. The lowest BCUT2D eigenvalue weighted by molar-refractivity contribution is -0.140. The van der Waals surface area contributed by atoms with Crippen LogP contribution >= 0.6 is 34.8 Å². The first-order valence-corrected chi connectivity index (χ1v) is 16.9. The number of nitrogens with one attached hydrogen (secondary N) is 1. The summed E-state index contributed by atoms with van der Waals surface area (Å²) in [6, 6.07) is 15.2. The van der Waals surface area contributed by atoms with Crippen LogP contribution in [-0.2, 0) is 26.2 Å². The van der Waals surface area contributed by atoms with Gasteiger partial charge in [0, 0.05) is 33.2 Å². The average molecular weight is 665 g/mol. The number of hydrogen-bond donors (Lipinski definition) is 1. The zero-order chi connectivity index (χ0) is 31.3. The highest BCUT2D eigenvalue weighted by atomic mass is 35.5. The Balaban J connectivity index is 1.76. The second-order valence-electron chi connectivity index (χ2n) is 10.9. The van der Waals surface area contributed by atoms with Crippen molar-refractivity contribution in [2.75, 3.05) is 10.8 Å². The van der Waals surface area contributed by atoms with Crippen molar-refractivity contribution in [2.45, 2.75) is 76.4 Å². The summed E-state index contributed by atoms with van der Waals surface area (Å²) in [4.78, 5) is 29.3. The Morgan fingerprint density at radius 2 is 1.56 bits per heavy atom. The molecule has 1 atom stereocenters. The van der Waals surface area contributed by atoms with Crippen molar-refractivity contribution in [3.05, 3.63) is 92.4 Å². The van der Waals surface area contributed by atoms with Crippen molar-refractivity contribution in [2.24, 2.45) is 0 Å². The molecule has 1 aliphatic rings. The van der Waals surface area contributed by atoms with Gasteiger partial charge < -0.3 is 10.2 Å². The summed E-state index contributed by atoms with van der Waals surface area (Å²) in [5.41, 5.74) is 2.64. The van der Waals surface area contributed by atoms with Crippen LogP contribution in [0.4, 0.5) is 5.69 Å². The Labute approximate surface area is 269 Å². The third kappa shape index (κ3) is 7.85. The fourth-order valence-corrected chi connectivity index (χ4v) is 7.33. The van der Waals surface area contributed by atoms with E-state index in [1.807, 2.05) is 26.8 Å². The van der Waals surface area contributed by atoms with E-state index >= 15 is 0 Å². The second kappa shape index (κ2) is 14.3. The number of sulfonamides is 1. The Kier molecular flexibility index (Phi) is 11.0. The number of carbonyl (C=O) groups excluding carboxylic acids is 2. The minimum Gasteiger partial charge on any atom is -0.352 e. The second-order valence-corrected chi connectivity index (χ2v) is 14.0. The van der Waals surface area contributed by atoms with Crippen LogP contribution in [0, 0.1) is 13.8 Å². The van der Waals surface area contributed by atoms with Crippen molar-refractivity contribution in [1.29, 1.82) is 0 Å². The Morgan fingerprint density at radius 3 is 2.14 bits per heavy atom. The van der Waals surface area contributed by atoms with Crippen LogP contribution in [0.2, 0.25) is 15.1 Å². The lowest BCUT2D eigenvalue weighted by Gasteiger charge is -2.34. The number of benzene rings is 3. The van der Waals surface area contributed by atoms with E-state index in [1.54, 1.807) is 30.3 Å². The summed E-state index contributed by atoms with van der Waals surface area (Å²) >= 11 is 19.0. The molecule has 0 saturated heterocycles. The molecule has 0 radical (unpaired) electrons. The van der Waals surface area contributed by atoms with Crippen LogP contribution in [-0.4, -0.2) is 43.8 Å². The molecule has 11 heteroatoms. The van der Waals surface area contributed by atoms with E-state index in [2.05, 4.69) is 5.32 Å². The normalized spacial score (nSPS) is 14.4. The first-order valence-electron chi connectivity index (χ1n) is 14.3. The number of aryl methyl sites for hydroxylation is 2. The number of amides is 2. The van der Waals surface area contributed by atoms with Gasteiger partial charge in [-0.1, -0.05) is 66.7 Å². The molecule has 43 heavy (non-hydrogen) atoms. The monoisotopic (exact) mass is 663 g/mol. The number of carbonyl (C=O) groups is 2. The quantitative estimate of drug-likeness (QED) is 0.233. The first-order chi connectivity index (χ1) is 20.4. The van der Waals surface area contributed by atoms with E-state index in [0.29, 0.717) is 32.7 Å². The largest absolute Gasteiger partial charge is 0.352 e. The summed E-state index contributed by atoms with van der Waals surface area (Å²) in [5.74, 6) is -0.857. The molecular weight excluding hydrogens is 629 g/mol. The van der Waals surface area contributed by atoms with Crippen LogP contribution in [0.15, 0.2) is 65.6 Å². The molecule has 1 fully saturated rings. The van der Waals surface area contributed by atoms with Crippen molar-refractivity contribution in [1.82, 2.24) is 10.2 Å². The molecule has 2 amide bonds. The van der Waals surface area contributed by atoms with E-state index in [-0.39, 0.29) is 23.4 Å². The van der Waals surface area contributed by atoms with Gasteiger partial charge in [-0.05, 0) is 92.8 Å². The number of hydrogen-bond acceptors (Lipinski definition) is 4. The van der Waals surface area contributed by atoms with Gasteiger partial charge in [-0.25, -0.2) is 8.42 Å². The third-order valence-electron chi connectivity index (χ3n) is 7.94. The molecule has 0 aliphatic heterocycles. The molecule has 3 aromatic rings.